The molecule has 0 atom stereocenters. The minimum atomic E-state index is -3.55. The molecule has 2 aromatic carbocycles. The molecule has 0 fully saturated rings. The molecule has 22 heavy (non-hydrogen) atoms. The molecule has 0 saturated carbocycles. The number of ether oxygens (including phenoxy) is 1. The van der Waals surface area contributed by atoms with Crippen LogP contribution in [0, 0.1) is 0 Å². The fraction of sp³-hybridized carbons (Fsp3) is 0.250. The zero-order valence-electron chi connectivity index (χ0n) is 12.3. The third kappa shape index (κ3) is 3.08. The first-order valence-corrected chi connectivity index (χ1v) is 8.56. The van der Waals surface area contributed by atoms with Crippen molar-refractivity contribution in [2.45, 2.75) is 11.4 Å². The fourth-order valence-electron chi connectivity index (χ4n) is 2.36. The maximum Gasteiger partial charge on any atom is 0.240 e. The van der Waals surface area contributed by atoms with Crippen LogP contribution in [0.3, 0.4) is 0 Å². The Balaban J connectivity index is 1.82. The van der Waals surface area contributed by atoms with Crippen molar-refractivity contribution in [1.29, 1.82) is 0 Å². The lowest BCUT2D eigenvalue weighted by molar-refractivity contribution is 0.311. The Morgan fingerprint density at radius 3 is 2.73 bits per heavy atom. The SMILES string of the molecule is CN1CCOc2ccc(S(=O)(=O)NCc3ccccc3)cc21. The molecule has 1 heterocycles. The Morgan fingerprint density at radius 1 is 1.18 bits per heavy atom. The maximum atomic E-state index is 12.4. The molecule has 3 rings (SSSR count). The minimum absolute atomic E-state index is 0.250. The highest BCUT2D eigenvalue weighted by Crippen LogP contribution is 2.32. The van der Waals surface area contributed by atoms with Crippen molar-refractivity contribution in [2.75, 3.05) is 25.1 Å². The van der Waals surface area contributed by atoms with Gasteiger partial charge in [-0.3, -0.25) is 0 Å². The molecular formula is C16H18N2O3S. The van der Waals surface area contributed by atoms with Crippen molar-refractivity contribution in [3.05, 3.63) is 54.1 Å². The van der Waals surface area contributed by atoms with Gasteiger partial charge in [0.05, 0.1) is 17.1 Å². The highest BCUT2D eigenvalue weighted by atomic mass is 32.2. The summed E-state index contributed by atoms with van der Waals surface area (Å²) in [5, 5.41) is 0. The first-order valence-electron chi connectivity index (χ1n) is 7.08. The predicted octanol–water partition coefficient (Wildman–Crippen LogP) is 1.99. The molecule has 0 radical (unpaired) electrons. The molecule has 0 amide bonds. The van der Waals surface area contributed by atoms with E-state index in [1.165, 1.54) is 0 Å². The van der Waals surface area contributed by atoms with Gasteiger partial charge in [-0.2, -0.15) is 0 Å². The summed E-state index contributed by atoms with van der Waals surface area (Å²) >= 11 is 0. The van der Waals surface area contributed by atoms with Gasteiger partial charge in [0, 0.05) is 13.6 Å². The van der Waals surface area contributed by atoms with Gasteiger partial charge in [0.2, 0.25) is 10.0 Å². The molecule has 0 aromatic heterocycles. The fourth-order valence-corrected chi connectivity index (χ4v) is 3.39. The topological polar surface area (TPSA) is 58.6 Å². The van der Waals surface area contributed by atoms with E-state index >= 15 is 0 Å². The number of fused-ring (bicyclic) bond motifs is 1. The summed E-state index contributed by atoms with van der Waals surface area (Å²) in [5.74, 6) is 0.718. The lowest BCUT2D eigenvalue weighted by atomic mass is 10.2. The normalized spacial score (nSPS) is 14.3. The number of hydrogen-bond donors (Lipinski definition) is 1. The van der Waals surface area contributed by atoms with E-state index in [0.29, 0.717) is 6.61 Å². The van der Waals surface area contributed by atoms with Crippen LogP contribution in [-0.2, 0) is 16.6 Å². The zero-order valence-corrected chi connectivity index (χ0v) is 13.1. The lowest BCUT2D eigenvalue weighted by Gasteiger charge is -2.28. The second kappa shape index (κ2) is 5.98. The molecule has 1 N–H and O–H groups in total. The number of anilines is 1. The summed E-state index contributed by atoms with van der Waals surface area (Å²) in [5.41, 5.74) is 1.72. The largest absolute Gasteiger partial charge is 0.490 e. The Labute approximate surface area is 130 Å². The van der Waals surface area contributed by atoms with Gasteiger partial charge < -0.3 is 9.64 Å². The van der Waals surface area contributed by atoms with Gasteiger partial charge in [-0.25, -0.2) is 13.1 Å². The highest BCUT2D eigenvalue weighted by molar-refractivity contribution is 7.89. The maximum absolute atomic E-state index is 12.4. The number of nitrogens with one attached hydrogen (secondary N) is 1. The van der Waals surface area contributed by atoms with E-state index in [2.05, 4.69) is 4.72 Å². The van der Waals surface area contributed by atoms with E-state index in [0.717, 1.165) is 23.5 Å². The molecule has 1 aliphatic heterocycles. The number of sulfonamides is 1. The third-order valence-electron chi connectivity index (χ3n) is 3.65. The third-order valence-corrected chi connectivity index (χ3v) is 5.04. The van der Waals surface area contributed by atoms with Crippen LogP contribution >= 0.6 is 0 Å². The average Bonchev–Trinajstić information content (AvgIpc) is 2.54. The van der Waals surface area contributed by atoms with E-state index < -0.39 is 10.0 Å². The Kier molecular flexibility index (Phi) is 4.04. The van der Waals surface area contributed by atoms with Crippen LogP contribution in [0.1, 0.15) is 5.56 Å². The first-order chi connectivity index (χ1) is 10.6. The van der Waals surface area contributed by atoms with Crippen molar-refractivity contribution in [3.8, 4) is 5.75 Å². The number of rotatable bonds is 4. The van der Waals surface area contributed by atoms with Crippen molar-refractivity contribution < 1.29 is 13.2 Å². The number of nitrogens with zero attached hydrogens (tertiary/aromatic N) is 1. The summed E-state index contributed by atoms with van der Waals surface area (Å²) in [4.78, 5) is 2.24. The van der Waals surface area contributed by atoms with Crippen LogP contribution in [0.2, 0.25) is 0 Å². The molecule has 116 valence electrons. The molecule has 0 spiro atoms. The molecule has 2 aromatic rings. The number of hydrogen-bond acceptors (Lipinski definition) is 4. The molecule has 1 aliphatic rings. The van der Waals surface area contributed by atoms with Crippen LogP contribution in [0.5, 0.6) is 5.75 Å². The zero-order chi connectivity index (χ0) is 15.6. The standard InChI is InChI=1S/C16H18N2O3S/c1-18-9-10-21-16-8-7-14(11-15(16)18)22(19,20)17-12-13-5-3-2-4-6-13/h2-8,11,17H,9-10,12H2,1H3. The van der Waals surface area contributed by atoms with Gasteiger partial charge >= 0.3 is 0 Å². The smallest absolute Gasteiger partial charge is 0.240 e. The molecule has 6 heteroatoms. The van der Waals surface area contributed by atoms with Gasteiger partial charge in [-0.1, -0.05) is 30.3 Å². The lowest BCUT2D eigenvalue weighted by Crippen LogP contribution is -2.29. The number of likely N-dealkylation sites (N-methyl/N-ethyl adjacent to an activating group) is 1. The van der Waals surface area contributed by atoms with Gasteiger partial charge in [-0.15, -0.1) is 0 Å². The Hall–Kier alpha value is -2.05. The number of benzene rings is 2. The summed E-state index contributed by atoms with van der Waals surface area (Å²) in [6, 6.07) is 14.4. The monoisotopic (exact) mass is 318 g/mol. The Morgan fingerprint density at radius 2 is 1.95 bits per heavy atom. The summed E-state index contributed by atoms with van der Waals surface area (Å²) in [6.07, 6.45) is 0. The molecular weight excluding hydrogens is 300 g/mol. The van der Waals surface area contributed by atoms with Crippen molar-refractivity contribution >= 4 is 15.7 Å². The second-order valence-electron chi connectivity index (χ2n) is 5.21. The molecule has 0 bridgehead atoms. The second-order valence-corrected chi connectivity index (χ2v) is 6.98. The first kappa shape index (κ1) is 14.9. The minimum Gasteiger partial charge on any atom is -0.490 e. The van der Waals surface area contributed by atoms with Crippen LogP contribution in [0.25, 0.3) is 0 Å². The van der Waals surface area contributed by atoms with E-state index in [1.807, 2.05) is 42.3 Å². The highest BCUT2D eigenvalue weighted by Gasteiger charge is 2.20. The quantitative estimate of drug-likeness (QED) is 0.937. The van der Waals surface area contributed by atoms with Gasteiger partial charge in [-0.05, 0) is 23.8 Å². The van der Waals surface area contributed by atoms with Gasteiger partial charge in [0.15, 0.2) is 0 Å². The van der Waals surface area contributed by atoms with Crippen molar-refractivity contribution in [2.24, 2.45) is 0 Å². The van der Waals surface area contributed by atoms with Crippen LogP contribution < -0.4 is 14.4 Å². The summed E-state index contributed by atoms with van der Waals surface area (Å²) in [7, 11) is -1.62. The van der Waals surface area contributed by atoms with Crippen molar-refractivity contribution in [3.63, 3.8) is 0 Å². The van der Waals surface area contributed by atoms with Gasteiger partial charge in [0.1, 0.15) is 12.4 Å². The Bertz CT molecular complexity index is 760. The summed E-state index contributed by atoms with van der Waals surface area (Å²) in [6.45, 7) is 1.63. The molecule has 0 saturated heterocycles. The van der Waals surface area contributed by atoms with Crippen LogP contribution in [0.4, 0.5) is 5.69 Å². The van der Waals surface area contributed by atoms with E-state index in [4.69, 9.17) is 4.74 Å². The summed E-state index contributed by atoms with van der Waals surface area (Å²) < 4.78 is 33.0. The van der Waals surface area contributed by atoms with Crippen LogP contribution in [0.15, 0.2) is 53.4 Å². The van der Waals surface area contributed by atoms with Crippen molar-refractivity contribution in [1.82, 2.24) is 4.72 Å². The molecule has 0 unspecified atom stereocenters. The molecule has 5 nitrogen and oxygen atoms in total. The van der Waals surface area contributed by atoms with E-state index in [1.54, 1.807) is 18.2 Å². The predicted molar refractivity (Wildman–Crippen MR) is 85.7 cm³/mol. The van der Waals surface area contributed by atoms with Gasteiger partial charge in [0.25, 0.3) is 0 Å². The van der Waals surface area contributed by atoms with E-state index in [-0.39, 0.29) is 11.4 Å². The molecule has 0 aliphatic carbocycles. The van der Waals surface area contributed by atoms with Crippen LogP contribution in [-0.4, -0.2) is 28.6 Å². The van der Waals surface area contributed by atoms with E-state index in [9.17, 15) is 8.42 Å². The average molecular weight is 318 g/mol.